The quantitative estimate of drug-likeness (QED) is 0.0978. The van der Waals surface area contributed by atoms with Gasteiger partial charge in [0.15, 0.2) is 0 Å². The normalized spacial score (nSPS) is 11.9. The lowest BCUT2D eigenvalue weighted by Crippen LogP contribution is -2.49. The van der Waals surface area contributed by atoms with Crippen LogP contribution in [-0.4, -0.2) is 19.8 Å². The maximum atomic E-state index is 13.4. The largest absolute Gasteiger partial charge is 0.673 e. The highest BCUT2D eigenvalue weighted by molar-refractivity contribution is 6.50. The summed E-state index contributed by atoms with van der Waals surface area (Å²) >= 11 is 0. The summed E-state index contributed by atoms with van der Waals surface area (Å²) in [6.45, 7) is 6.52. The number of ether oxygens (including phenoxy) is 1. The zero-order chi connectivity index (χ0) is 28.4. The molecule has 3 aromatic carbocycles. The first-order valence-corrected chi connectivity index (χ1v) is 12.9. The predicted molar refractivity (Wildman–Crippen MR) is 148 cm³/mol. The highest BCUT2D eigenvalue weighted by Crippen LogP contribution is 2.32. The van der Waals surface area contributed by atoms with Gasteiger partial charge in [-0.3, -0.25) is 0 Å². The molecule has 1 heterocycles. The Morgan fingerprint density at radius 2 is 1.10 bits per heavy atom. The number of benzene rings is 3. The van der Waals surface area contributed by atoms with Gasteiger partial charge in [0.05, 0.1) is 6.61 Å². The topological polar surface area (TPSA) is 30.2 Å². The van der Waals surface area contributed by atoms with E-state index in [-0.39, 0.29) is 5.97 Å². The summed E-state index contributed by atoms with van der Waals surface area (Å²) in [6, 6.07) is 35.0. The van der Waals surface area contributed by atoms with Gasteiger partial charge >= 0.3 is 13.2 Å². The van der Waals surface area contributed by atoms with Crippen molar-refractivity contribution in [3.05, 3.63) is 103 Å². The van der Waals surface area contributed by atoms with Crippen LogP contribution in [0.5, 0.6) is 0 Å². The van der Waals surface area contributed by atoms with Crippen LogP contribution in [-0.2, 0) is 9.53 Å². The van der Waals surface area contributed by atoms with Crippen molar-refractivity contribution in [2.45, 2.75) is 33.2 Å². The van der Waals surface area contributed by atoms with Crippen molar-refractivity contribution < 1.29 is 31.4 Å². The molecule has 0 radical (unpaired) electrons. The highest BCUT2D eigenvalue weighted by atomic mass is 19.5. The van der Waals surface area contributed by atoms with E-state index in [1.165, 1.54) is 0 Å². The van der Waals surface area contributed by atoms with Crippen molar-refractivity contribution in [1.29, 1.82) is 0 Å². The number of hydrogen-bond donors (Lipinski definition) is 0. The summed E-state index contributed by atoms with van der Waals surface area (Å²) in [5, 5.41) is 0. The second-order valence-corrected chi connectivity index (χ2v) is 9.37. The third-order valence-electron chi connectivity index (χ3n) is 5.91. The molecular weight excluding hydrogens is 505 g/mol. The van der Waals surface area contributed by atoms with Crippen LogP contribution < -0.4 is 4.57 Å². The molecule has 0 saturated heterocycles. The van der Waals surface area contributed by atoms with Gasteiger partial charge in [-0.15, -0.1) is 0 Å². The fourth-order valence-corrected chi connectivity index (χ4v) is 4.39. The van der Waals surface area contributed by atoms with E-state index in [0.717, 1.165) is 33.6 Å². The number of hydrogen-bond acceptors (Lipinski definition) is 2. The summed E-state index contributed by atoms with van der Waals surface area (Å²) in [6.07, 6.45) is 0.688. The number of nitrogens with zero attached hydrogens (tertiary/aromatic N) is 1. The van der Waals surface area contributed by atoms with Gasteiger partial charge in [-0.2, -0.15) is 4.57 Å². The number of esters is 1. The van der Waals surface area contributed by atoms with Crippen LogP contribution >= 0.6 is 0 Å². The summed E-state index contributed by atoms with van der Waals surface area (Å²) < 4.78 is 46.8. The Bertz CT molecular complexity index is 1260. The maximum absolute atomic E-state index is 13.4. The molecule has 1 unspecified atom stereocenters. The molecule has 0 amide bonds. The van der Waals surface area contributed by atoms with Crippen LogP contribution in [0.3, 0.4) is 0 Å². The molecule has 0 fully saturated rings. The molecule has 0 saturated carbocycles. The van der Waals surface area contributed by atoms with Crippen LogP contribution in [0, 0.1) is 5.92 Å². The third kappa shape index (κ3) is 8.81. The monoisotopic (exact) mass is 537 g/mol. The fourth-order valence-electron chi connectivity index (χ4n) is 4.39. The summed E-state index contributed by atoms with van der Waals surface area (Å²) in [5.41, 5.74) is 6.38. The third-order valence-corrected chi connectivity index (χ3v) is 5.91. The molecule has 39 heavy (non-hydrogen) atoms. The van der Waals surface area contributed by atoms with Crippen molar-refractivity contribution in [1.82, 2.24) is 0 Å². The van der Waals surface area contributed by atoms with Gasteiger partial charge in [0.1, 0.15) is 0 Å². The predicted octanol–water partition coefficient (Wildman–Crippen LogP) is 8.43. The minimum atomic E-state index is -6.00. The smallest absolute Gasteiger partial charge is 0.461 e. The van der Waals surface area contributed by atoms with Gasteiger partial charge < -0.3 is 22.0 Å². The molecular formula is C31H32BF4NO2. The molecule has 0 N–H and O–H groups in total. The lowest BCUT2D eigenvalue weighted by atomic mass is 9.96. The van der Waals surface area contributed by atoms with Gasteiger partial charge in [-0.05, 0) is 48.2 Å². The number of carbonyl (C=O) groups is 1. The van der Waals surface area contributed by atoms with E-state index in [1.807, 2.05) is 49.4 Å². The van der Waals surface area contributed by atoms with E-state index in [1.54, 1.807) is 0 Å². The van der Waals surface area contributed by atoms with E-state index in [9.17, 15) is 22.1 Å². The fraction of sp³-hybridized carbons (Fsp3) is 0.226. The van der Waals surface area contributed by atoms with Crippen molar-refractivity contribution in [2.75, 3.05) is 6.61 Å². The van der Waals surface area contributed by atoms with E-state index < -0.39 is 13.3 Å². The minimum Gasteiger partial charge on any atom is -0.461 e. The van der Waals surface area contributed by atoms with Crippen LogP contribution in [0.4, 0.5) is 17.3 Å². The van der Waals surface area contributed by atoms with Crippen LogP contribution in [0.25, 0.3) is 33.6 Å². The van der Waals surface area contributed by atoms with Crippen LogP contribution in [0.1, 0.15) is 33.2 Å². The second kappa shape index (κ2) is 13.7. The Hall–Kier alpha value is -3.94. The van der Waals surface area contributed by atoms with Gasteiger partial charge in [0.2, 0.25) is 11.4 Å². The van der Waals surface area contributed by atoms with Gasteiger partial charge in [0, 0.05) is 29.7 Å². The highest BCUT2D eigenvalue weighted by Gasteiger charge is 2.36. The lowest BCUT2D eigenvalue weighted by Gasteiger charge is -2.20. The molecule has 4 aromatic rings. The molecule has 1 aromatic heterocycles. The van der Waals surface area contributed by atoms with Gasteiger partial charge in [0.25, 0.3) is 6.04 Å². The van der Waals surface area contributed by atoms with E-state index in [4.69, 9.17) is 4.74 Å². The Morgan fingerprint density at radius 3 is 1.46 bits per heavy atom. The van der Waals surface area contributed by atoms with Crippen molar-refractivity contribution in [3.63, 3.8) is 0 Å². The Morgan fingerprint density at radius 1 is 0.718 bits per heavy atom. The summed E-state index contributed by atoms with van der Waals surface area (Å²) in [4.78, 5) is 13.4. The number of halogens is 4. The molecule has 4 rings (SSSR count). The molecule has 0 spiro atoms. The summed E-state index contributed by atoms with van der Waals surface area (Å²) in [7, 11) is -6.00. The number of pyridine rings is 1. The van der Waals surface area contributed by atoms with Gasteiger partial charge in [-0.1, -0.05) is 80.6 Å². The Labute approximate surface area is 227 Å². The zero-order valence-corrected chi connectivity index (χ0v) is 22.2. The second-order valence-electron chi connectivity index (χ2n) is 9.37. The number of carbonyl (C=O) groups excluding carboxylic acids is 1. The van der Waals surface area contributed by atoms with Crippen LogP contribution in [0.2, 0.25) is 0 Å². The van der Waals surface area contributed by atoms with Crippen molar-refractivity contribution in [3.8, 4) is 33.6 Å². The number of rotatable bonds is 8. The van der Waals surface area contributed by atoms with Gasteiger partial charge in [-0.25, -0.2) is 4.79 Å². The molecule has 0 bridgehead atoms. The van der Waals surface area contributed by atoms with Crippen LogP contribution in [0.15, 0.2) is 103 Å². The van der Waals surface area contributed by atoms with E-state index in [0.29, 0.717) is 18.9 Å². The molecule has 1 atom stereocenters. The molecule has 0 aliphatic rings. The first-order valence-electron chi connectivity index (χ1n) is 12.9. The molecule has 3 nitrogen and oxygen atoms in total. The standard InChI is InChI=1S/C31H32NO2.BF4/c1-4-34-31(33)30(20-23(2)3)32-28(25-16-10-6-11-17-25)21-27(24-14-8-5-9-15-24)22-29(32)26-18-12-7-13-19-26;2-1(3,4)5/h5-19,21-23,30H,4,20H2,1-3H3;/q+1;-1. The molecule has 8 heteroatoms. The lowest BCUT2D eigenvalue weighted by molar-refractivity contribution is -0.691. The molecule has 0 aliphatic carbocycles. The zero-order valence-electron chi connectivity index (χ0n) is 22.2. The minimum absolute atomic E-state index is 0.192. The Balaban J connectivity index is 0.000000771. The van der Waals surface area contributed by atoms with E-state index in [2.05, 4.69) is 79.1 Å². The SMILES string of the molecule is CCOC(=O)C(CC(C)C)[n+]1c(-c2ccccc2)cc(-c2ccccc2)cc1-c1ccccc1.F[B-](F)(F)F. The summed E-state index contributed by atoms with van der Waals surface area (Å²) in [5.74, 6) is 0.131. The first kappa shape index (κ1) is 29.6. The number of aromatic nitrogens is 1. The Kier molecular flexibility index (Phi) is 10.4. The molecule has 204 valence electrons. The van der Waals surface area contributed by atoms with Crippen molar-refractivity contribution in [2.24, 2.45) is 5.92 Å². The average Bonchev–Trinajstić information content (AvgIpc) is 2.92. The molecule has 0 aliphatic heterocycles. The van der Waals surface area contributed by atoms with Crippen molar-refractivity contribution >= 4 is 13.2 Å². The first-order chi connectivity index (χ1) is 18.6. The van der Waals surface area contributed by atoms with E-state index >= 15 is 0 Å². The average molecular weight is 537 g/mol. The maximum Gasteiger partial charge on any atom is 0.673 e.